The van der Waals surface area contributed by atoms with Gasteiger partial charge in [0.05, 0.1) is 6.61 Å². The molecule has 0 saturated carbocycles. The van der Waals surface area contributed by atoms with Gasteiger partial charge in [-0.1, -0.05) is 5.57 Å². The Morgan fingerprint density at radius 3 is 3.00 bits per heavy atom. The predicted octanol–water partition coefficient (Wildman–Crippen LogP) is 2.68. The fraction of sp³-hybridized carbons (Fsp3) is 0.455. The van der Waals surface area contributed by atoms with E-state index in [2.05, 4.69) is 28.2 Å². The quantitative estimate of drug-likeness (QED) is 0.810. The molecule has 3 nitrogen and oxygen atoms in total. The van der Waals surface area contributed by atoms with Crippen LogP contribution in [0.2, 0.25) is 0 Å². The molecule has 0 fully saturated rings. The minimum atomic E-state index is 0.736. The average molecular weight is 274 g/mol. The Balaban J connectivity index is 2.33. The van der Waals surface area contributed by atoms with Gasteiger partial charge < -0.3 is 14.5 Å². The van der Waals surface area contributed by atoms with E-state index in [0.29, 0.717) is 0 Å². The Kier molecular flexibility index (Phi) is 5.68. The van der Waals surface area contributed by atoms with E-state index in [0.717, 1.165) is 30.1 Å². The third kappa shape index (κ3) is 5.16. The van der Waals surface area contributed by atoms with Crippen molar-refractivity contribution in [2.24, 2.45) is 0 Å². The Labute approximate surface area is 98.6 Å². The average Bonchev–Trinajstić information content (AvgIpc) is 2.59. The summed E-state index contributed by atoms with van der Waals surface area (Å²) in [4.78, 5) is 0. The van der Waals surface area contributed by atoms with Crippen LogP contribution in [-0.4, -0.2) is 26.8 Å². The number of rotatable bonds is 6. The lowest BCUT2D eigenvalue weighted by Gasteiger charge is -2.03. The number of methoxy groups -OCH3 is 1. The summed E-state index contributed by atoms with van der Waals surface area (Å²) in [5.41, 5.74) is 1.23. The first-order valence-corrected chi connectivity index (χ1v) is 5.64. The zero-order valence-electron chi connectivity index (χ0n) is 9.05. The van der Waals surface area contributed by atoms with Crippen LogP contribution in [0.4, 0.5) is 0 Å². The van der Waals surface area contributed by atoms with Crippen LogP contribution in [0, 0.1) is 0 Å². The monoisotopic (exact) mass is 273 g/mol. The molecule has 15 heavy (non-hydrogen) atoms. The molecule has 0 saturated heterocycles. The van der Waals surface area contributed by atoms with Crippen molar-refractivity contribution < 1.29 is 9.15 Å². The third-order valence-corrected chi connectivity index (χ3v) is 2.30. The Bertz CT molecular complexity index is 320. The second-order valence-corrected chi connectivity index (χ2v) is 4.08. The molecule has 0 aliphatic rings. The molecule has 1 aromatic rings. The maximum atomic E-state index is 5.37. The van der Waals surface area contributed by atoms with Crippen molar-refractivity contribution in [2.75, 3.05) is 26.8 Å². The third-order valence-electron chi connectivity index (χ3n) is 1.87. The van der Waals surface area contributed by atoms with Gasteiger partial charge in [-0.15, -0.1) is 0 Å². The Morgan fingerprint density at radius 2 is 2.40 bits per heavy atom. The number of nitrogens with one attached hydrogen (secondary N) is 1. The van der Waals surface area contributed by atoms with Crippen LogP contribution in [0.3, 0.4) is 0 Å². The van der Waals surface area contributed by atoms with Gasteiger partial charge in [0.25, 0.3) is 0 Å². The van der Waals surface area contributed by atoms with Gasteiger partial charge in [0.2, 0.25) is 0 Å². The van der Waals surface area contributed by atoms with Crippen LogP contribution >= 0.6 is 15.9 Å². The summed E-state index contributed by atoms with van der Waals surface area (Å²) in [6.45, 7) is 4.51. The van der Waals surface area contributed by atoms with Crippen LogP contribution in [0.25, 0.3) is 6.08 Å². The van der Waals surface area contributed by atoms with Gasteiger partial charge in [0.15, 0.2) is 4.67 Å². The number of furan rings is 1. The van der Waals surface area contributed by atoms with Gasteiger partial charge in [0, 0.05) is 20.2 Å². The van der Waals surface area contributed by atoms with Crippen LogP contribution in [-0.2, 0) is 4.74 Å². The zero-order valence-corrected chi connectivity index (χ0v) is 10.6. The van der Waals surface area contributed by atoms with Gasteiger partial charge in [-0.05, 0) is 41.1 Å². The second-order valence-electron chi connectivity index (χ2n) is 3.30. The topological polar surface area (TPSA) is 34.4 Å². The van der Waals surface area contributed by atoms with Crippen molar-refractivity contribution in [1.82, 2.24) is 5.32 Å². The Morgan fingerprint density at radius 1 is 1.60 bits per heavy atom. The molecular weight excluding hydrogens is 258 g/mol. The normalized spacial score (nSPS) is 12.1. The van der Waals surface area contributed by atoms with Gasteiger partial charge in [0.1, 0.15) is 5.76 Å². The number of halogens is 1. The van der Waals surface area contributed by atoms with E-state index in [1.54, 1.807) is 7.11 Å². The smallest absolute Gasteiger partial charge is 0.169 e. The molecule has 0 unspecified atom stereocenters. The molecule has 0 aromatic carbocycles. The summed E-state index contributed by atoms with van der Waals surface area (Å²) in [5.74, 6) is 0.868. The van der Waals surface area contributed by atoms with Crippen molar-refractivity contribution in [1.29, 1.82) is 0 Å². The highest BCUT2D eigenvalue weighted by atomic mass is 79.9. The first-order chi connectivity index (χ1) is 7.22. The molecule has 0 aliphatic carbocycles. The van der Waals surface area contributed by atoms with E-state index in [1.165, 1.54) is 5.57 Å². The summed E-state index contributed by atoms with van der Waals surface area (Å²) < 4.78 is 11.1. The van der Waals surface area contributed by atoms with E-state index in [9.17, 15) is 0 Å². The summed E-state index contributed by atoms with van der Waals surface area (Å²) >= 11 is 3.27. The maximum absolute atomic E-state index is 5.37. The molecule has 0 aliphatic heterocycles. The highest BCUT2D eigenvalue weighted by Crippen LogP contribution is 2.16. The minimum absolute atomic E-state index is 0.736. The number of hydrogen-bond acceptors (Lipinski definition) is 3. The van der Waals surface area contributed by atoms with Crippen LogP contribution in [0.5, 0.6) is 0 Å². The molecular formula is C11H16BrNO2. The SMILES string of the molecule is COCCNCC(C)=Cc1ccc(Br)o1. The van der Waals surface area contributed by atoms with Crippen LogP contribution in [0.15, 0.2) is 26.8 Å². The fourth-order valence-electron chi connectivity index (χ4n) is 1.16. The van der Waals surface area contributed by atoms with Crippen molar-refractivity contribution >= 4 is 22.0 Å². The summed E-state index contributed by atoms with van der Waals surface area (Å²) in [6.07, 6.45) is 2.02. The van der Waals surface area contributed by atoms with E-state index >= 15 is 0 Å². The van der Waals surface area contributed by atoms with E-state index < -0.39 is 0 Å². The number of hydrogen-bond donors (Lipinski definition) is 1. The highest BCUT2D eigenvalue weighted by Gasteiger charge is 1.96. The molecule has 0 bridgehead atoms. The predicted molar refractivity (Wildman–Crippen MR) is 64.8 cm³/mol. The lowest BCUT2D eigenvalue weighted by Crippen LogP contribution is -2.20. The molecule has 0 radical (unpaired) electrons. The molecule has 0 amide bonds. The lowest BCUT2D eigenvalue weighted by atomic mass is 10.2. The highest BCUT2D eigenvalue weighted by molar-refractivity contribution is 9.10. The molecule has 1 aromatic heterocycles. The first-order valence-electron chi connectivity index (χ1n) is 4.84. The Hall–Kier alpha value is -0.580. The van der Waals surface area contributed by atoms with Crippen molar-refractivity contribution in [3.05, 3.63) is 28.1 Å². The van der Waals surface area contributed by atoms with Gasteiger partial charge in [-0.2, -0.15) is 0 Å². The summed E-state index contributed by atoms with van der Waals surface area (Å²) in [6, 6.07) is 3.82. The van der Waals surface area contributed by atoms with E-state index in [-0.39, 0.29) is 0 Å². The van der Waals surface area contributed by atoms with Crippen LogP contribution in [0.1, 0.15) is 12.7 Å². The van der Waals surface area contributed by atoms with E-state index in [4.69, 9.17) is 9.15 Å². The fourth-order valence-corrected chi connectivity index (χ4v) is 1.48. The minimum Gasteiger partial charge on any atom is -0.450 e. The standard InChI is InChI=1S/C11H16BrNO2/c1-9(8-13-5-6-14-2)7-10-3-4-11(12)15-10/h3-4,7,13H,5-6,8H2,1-2H3. The molecule has 1 heterocycles. The zero-order chi connectivity index (χ0) is 11.1. The van der Waals surface area contributed by atoms with Gasteiger partial charge in [-0.3, -0.25) is 0 Å². The molecule has 4 heteroatoms. The number of ether oxygens (including phenoxy) is 1. The van der Waals surface area contributed by atoms with E-state index in [1.807, 2.05) is 18.2 Å². The summed E-state index contributed by atoms with van der Waals surface area (Å²) in [7, 11) is 1.70. The maximum Gasteiger partial charge on any atom is 0.169 e. The van der Waals surface area contributed by atoms with Crippen molar-refractivity contribution in [3.8, 4) is 0 Å². The molecule has 0 atom stereocenters. The lowest BCUT2D eigenvalue weighted by molar-refractivity contribution is 0.200. The van der Waals surface area contributed by atoms with Gasteiger partial charge in [-0.25, -0.2) is 0 Å². The molecule has 1 rings (SSSR count). The largest absolute Gasteiger partial charge is 0.450 e. The van der Waals surface area contributed by atoms with Crippen molar-refractivity contribution in [3.63, 3.8) is 0 Å². The molecule has 1 N–H and O–H groups in total. The molecule has 0 spiro atoms. The second kappa shape index (κ2) is 6.82. The summed E-state index contributed by atoms with van der Waals surface area (Å²) in [5, 5.41) is 3.27. The molecule has 84 valence electrons. The first kappa shape index (κ1) is 12.5. The van der Waals surface area contributed by atoms with Crippen molar-refractivity contribution in [2.45, 2.75) is 6.92 Å². The van der Waals surface area contributed by atoms with Gasteiger partial charge >= 0.3 is 0 Å². The van der Waals surface area contributed by atoms with Crippen LogP contribution < -0.4 is 5.32 Å².